The fourth-order valence-electron chi connectivity index (χ4n) is 4.96. The Labute approximate surface area is 187 Å². The Kier molecular flexibility index (Phi) is 4.81. The number of anilines is 1. The predicted octanol–water partition coefficient (Wildman–Crippen LogP) is 4.51. The van der Waals surface area contributed by atoms with E-state index in [-0.39, 0.29) is 23.9 Å². The van der Waals surface area contributed by atoms with Crippen LogP contribution in [0.1, 0.15) is 38.2 Å². The van der Waals surface area contributed by atoms with Gasteiger partial charge in [0.2, 0.25) is 12.7 Å². The van der Waals surface area contributed by atoms with Crippen LogP contribution in [0.3, 0.4) is 0 Å². The maximum absolute atomic E-state index is 13.5. The number of allylic oxidation sites excluding steroid dienone is 2. The second kappa shape index (κ2) is 7.55. The SMILES string of the molecule is C=C1NC2=C(C(=O)CC(C)(C)C2)C(c2ccc3c(c2)OCO3)C1C(=O)Nc1ccccc1. The van der Waals surface area contributed by atoms with Crippen molar-refractivity contribution < 1.29 is 19.1 Å². The predicted molar refractivity (Wildman–Crippen MR) is 121 cm³/mol. The zero-order chi connectivity index (χ0) is 22.5. The van der Waals surface area contributed by atoms with Crippen molar-refractivity contribution in [2.75, 3.05) is 12.1 Å². The van der Waals surface area contributed by atoms with Gasteiger partial charge in [0.05, 0.1) is 5.92 Å². The third kappa shape index (κ3) is 3.55. The van der Waals surface area contributed by atoms with E-state index in [1.54, 1.807) is 0 Å². The number of carbonyl (C=O) groups is 2. The first-order chi connectivity index (χ1) is 15.3. The normalized spacial score (nSPS) is 23.4. The molecule has 1 aliphatic carbocycles. The van der Waals surface area contributed by atoms with E-state index in [9.17, 15) is 9.59 Å². The van der Waals surface area contributed by atoms with Gasteiger partial charge in [-0.25, -0.2) is 0 Å². The number of para-hydroxylation sites is 1. The van der Waals surface area contributed by atoms with E-state index in [0.29, 0.717) is 34.9 Å². The number of Topliss-reactive ketones (excluding diaryl/α,β-unsaturated/α-hetero) is 1. The Bertz CT molecular complexity index is 1150. The van der Waals surface area contributed by atoms with Crippen LogP contribution in [0.4, 0.5) is 5.69 Å². The molecule has 2 atom stereocenters. The van der Waals surface area contributed by atoms with Crippen LogP contribution in [0, 0.1) is 11.3 Å². The van der Waals surface area contributed by atoms with Crippen molar-refractivity contribution in [1.82, 2.24) is 5.32 Å². The monoisotopic (exact) mass is 430 g/mol. The zero-order valence-corrected chi connectivity index (χ0v) is 18.2. The first kappa shape index (κ1) is 20.4. The molecule has 2 aliphatic heterocycles. The van der Waals surface area contributed by atoms with Gasteiger partial charge < -0.3 is 20.1 Å². The molecular weight excluding hydrogens is 404 g/mol. The zero-order valence-electron chi connectivity index (χ0n) is 18.2. The lowest BCUT2D eigenvalue weighted by Gasteiger charge is -2.42. The quantitative estimate of drug-likeness (QED) is 0.749. The summed E-state index contributed by atoms with van der Waals surface area (Å²) in [5.41, 5.74) is 3.51. The molecule has 5 rings (SSSR count). The fourth-order valence-corrected chi connectivity index (χ4v) is 4.96. The van der Waals surface area contributed by atoms with Gasteiger partial charge in [-0.15, -0.1) is 0 Å². The maximum Gasteiger partial charge on any atom is 0.234 e. The lowest BCUT2D eigenvalue weighted by Crippen LogP contribution is -2.44. The molecule has 0 saturated carbocycles. The fraction of sp³-hybridized carbons (Fsp3) is 0.308. The van der Waals surface area contributed by atoms with E-state index in [4.69, 9.17) is 9.47 Å². The highest BCUT2D eigenvalue weighted by Crippen LogP contribution is 2.49. The van der Waals surface area contributed by atoms with Crippen molar-refractivity contribution in [1.29, 1.82) is 0 Å². The number of ether oxygens (including phenoxy) is 2. The van der Waals surface area contributed by atoms with E-state index in [2.05, 4.69) is 31.1 Å². The molecule has 2 N–H and O–H groups in total. The van der Waals surface area contributed by atoms with Gasteiger partial charge in [-0.3, -0.25) is 9.59 Å². The summed E-state index contributed by atoms with van der Waals surface area (Å²) in [5, 5.41) is 6.31. The highest BCUT2D eigenvalue weighted by atomic mass is 16.7. The third-order valence-electron chi connectivity index (χ3n) is 6.33. The van der Waals surface area contributed by atoms with Crippen LogP contribution in [0.25, 0.3) is 0 Å². The minimum Gasteiger partial charge on any atom is -0.454 e. The minimum atomic E-state index is -0.653. The highest BCUT2D eigenvalue weighted by Gasteiger charge is 2.46. The van der Waals surface area contributed by atoms with E-state index in [1.807, 2.05) is 48.5 Å². The summed E-state index contributed by atoms with van der Waals surface area (Å²) in [6, 6.07) is 14.9. The molecule has 32 heavy (non-hydrogen) atoms. The van der Waals surface area contributed by atoms with Crippen LogP contribution in [-0.2, 0) is 9.59 Å². The smallest absolute Gasteiger partial charge is 0.234 e. The van der Waals surface area contributed by atoms with Crippen molar-refractivity contribution in [2.45, 2.75) is 32.6 Å². The molecule has 0 bridgehead atoms. The summed E-state index contributed by atoms with van der Waals surface area (Å²) in [7, 11) is 0. The Hall–Kier alpha value is -3.54. The van der Waals surface area contributed by atoms with Gasteiger partial charge in [-0.2, -0.15) is 0 Å². The molecule has 2 heterocycles. The Morgan fingerprint density at radius 1 is 1.09 bits per heavy atom. The molecule has 0 fully saturated rings. The van der Waals surface area contributed by atoms with Gasteiger partial charge in [0.15, 0.2) is 17.3 Å². The first-order valence-electron chi connectivity index (χ1n) is 10.8. The number of hydrogen-bond acceptors (Lipinski definition) is 5. The second-order valence-corrected chi connectivity index (χ2v) is 9.41. The van der Waals surface area contributed by atoms with Gasteiger partial charge in [-0.05, 0) is 41.7 Å². The van der Waals surface area contributed by atoms with Crippen LogP contribution in [-0.4, -0.2) is 18.5 Å². The van der Waals surface area contributed by atoms with Crippen LogP contribution in [0.2, 0.25) is 0 Å². The van der Waals surface area contributed by atoms with Gasteiger partial charge in [0.1, 0.15) is 0 Å². The maximum atomic E-state index is 13.5. The number of rotatable bonds is 3. The van der Waals surface area contributed by atoms with Crippen LogP contribution >= 0.6 is 0 Å². The van der Waals surface area contributed by atoms with Crippen molar-refractivity contribution in [2.24, 2.45) is 11.3 Å². The van der Waals surface area contributed by atoms with Crippen LogP contribution in [0.5, 0.6) is 11.5 Å². The van der Waals surface area contributed by atoms with Gasteiger partial charge in [0, 0.05) is 35.0 Å². The van der Waals surface area contributed by atoms with Crippen molar-refractivity contribution in [3.63, 3.8) is 0 Å². The number of fused-ring (bicyclic) bond motifs is 1. The number of amides is 1. The average molecular weight is 431 g/mol. The summed E-state index contributed by atoms with van der Waals surface area (Å²) in [5.74, 6) is 0.0359. The number of benzene rings is 2. The molecule has 3 aliphatic rings. The van der Waals surface area contributed by atoms with Crippen molar-refractivity contribution in [3.8, 4) is 11.5 Å². The highest BCUT2D eigenvalue weighted by molar-refractivity contribution is 6.03. The second-order valence-electron chi connectivity index (χ2n) is 9.41. The van der Waals surface area contributed by atoms with Crippen LogP contribution in [0.15, 0.2) is 72.1 Å². The minimum absolute atomic E-state index is 0.0661. The summed E-state index contributed by atoms with van der Waals surface area (Å²) in [6.45, 7) is 8.53. The Morgan fingerprint density at radius 3 is 2.62 bits per heavy atom. The first-order valence-corrected chi connectivity index (χ1v) is 10.8. The molecule has 164 valence electrons. The summed E-state index contributed by atoms with van der Waals surface area (Å²) >= 11 is 0. The number of ketones is 1. The van der Waals surface area contributed by atoms with Gasteiger partial charge >= 0.3 is 0 Å². The molecule has 6 heteroatoms. The number of nitrogens with one attached hydrogen (secondary N) is 2. The largest absolute Gasteiger partial charge is 0.454 e. The summed E-state index contributed by atoms with van der Waals surface area (Å²) in [6.07, 6.45) is 1.16. The number of hydrogen-bond donors (Lipinski definition) is 2. The average Bonchev–Trinajstić information content (AvgIpc) is 3.20. The molecule has 6 nitrogen and oxygen atoms in total. The molecule has 0 saturated heterocycles. The molecule has 2 unspecified atom stereocenters. The molecule has 0 spiro atoms. The lowest BCUT2D eigenvalue weighted by molar-refractivity contribution is -0.120. The van der Waals surface area contributed by atoms with E-state index in [0.717, 1.165) is 17.7 Å². The molecule has 1 amide bonds. The third-order valence-corrected chi connectivity index (χ3v) is 6.33. The summed E-state index contributed by atoms with van der Waals surface area (Å²) < 4.78 is 11.0. The van der Waals surface area contributed by atoms with Crippen molar-refractivity contribution in [3.05, 3.63) is 77.6 Å². The molecule has 2 aromatic rings. The lowest BCUT2D eigenvalue weighted by atomic mass is 9.66. The Morgan fingerprint density at radius 2 is 1.84 bits per heavy atom. The standard InChI is InChI=1S/C26H26N2O4/c1-15-22(25(30)28-17-7-5-4-6-8-17)23(16-9-10-20-21(11-16)32-14-31-20)24-18(27-15)12-26(2,3)13-19(24)29/h4-11,22-23,27H,1,12-14H2,2-3H3,(H,28,30). The molecular formula is C26H26N2O4. The van der Waals surface area contributed by atoms with E-state index in [1.165, 1.54) is 0 Å². The van der Waals surface area contributed by atoms with Crippen molar-refractivity contribution >= 4 is 17.4 Å². The Balaban J connectivity index is 1.60. The van der Waals surface area contributed by atoms with E-state index < -0.39 is 11.8 Å². The topological polar surface area (TPSA) is 76.7 Å². The van der Waals surface area contributed by atoms with Gasteiger partial charge in [0.25, 0.3) is 0 Å². The van der Waals surface area contributed by atoms with E-state index >= 15 is 0 Å². The molecule has 0 radical (unpaired) electrons. The summed E-state index contributed by atoms with van der Waals surface area (Å²) in [4.78, 5) is 26.9. The number of carbonyl (C=O) groups excluding carboxylic acids is 2. The van der Waals surface area contributed by atoms with Gasteiger partial charge in [-0.1, -0.05) is 44.7 Å². The molecule has 2 aromatic carbocycles. The molecule has 0 aromatic heterocycles. The van der Waals surface area contributed by atoms with Crippen LogP contribution < -0.4 is 20.1 Å².